The molecule has 0 aliphatic heterocycles. The lowest BCUT2D eigenvalue weighted by atomic mass is 10.2. The molecular weight excluding hydrogens is 432 g/mol. The number of rotatable bonds is 9. The number of hydrazone groups is 1. The number of halogens is 1. The van der Waals surface area contributed by atoms with E-state index in [1.165, 1.54) is 12.3 Å². The van der Waals surface area contributed by atoms with Gasteiger partial charge in [-0.05, 0) is 60.5 Å². The first-order valence-corrected chi connectivity index (χ1v) is 10.9. The minimum absolute atomic E-state index is 0.229. The van der Waals surface area contributed by atoms with Crippen LogP contribution in [0.4, 0.5) is 5.69 Å². The van der Waals surface area contributed by atoms with E-state index in [1.54, 1.807) is 43.3 Å². The minimum atomic E-state index is -3.71. The molecule has 9 nitrogen and oxygen atoms in total. The van der Waals surface area contributed by atoms with Crippen LogP contribution in [-0.4, -0.2) is 45.9 Å². The van der Waals surface area contributed by atoms with Crippen molar-refractivity contribution >= 4 is 45.3 Å². The Morgan fingerprint density at radius 1 is 1.23 bits per heavy atom. The van der Waals surface area contributed by atoms with E-state index in [0.29, 0.717) is 27.6 Å². The van der Waals surface area contributed by atoms with Gasteiger partial charge in [-0.1, -0.05) is 11.6 Å². The number of amides is 2. The molecule has 0 heterocycles. The SMILES string of the molecule is Cc1cc(Cl)ccc1N(CC(=O)N/N=C/c1ccc(OCC(N)=O)cc1)S(C)(=O)=O. The van der Waals surface area contributed by atoms with Gasteiger partial charge in [0.05, 0.1) is 18.2 Å². The molecule has 0 aliphatic rings. The number of primary amides is 1. The summed E-state index contributed by atoms with van der Waals surface area (Å²) < 4.78 is 30.4. The van der Waals surface area contributed by atoms with Gasteiger partial charge in [0, 0.05) is 5.02 Å². The Hall–Kier alpha value is -3.11. The van der Waals surface area contributed by atoms with Crippen molar-refractivity contribution in [3.8, 4) is 5.75 Å². The van der Waals surface area contributed by atoms with Crippen LogP contribution in [0, 0.1) is 6.92 Å². The van der Waals surface area contributed by atoms with Gasteiger partial charge < -0.3 is 10.5 Å². The van der Waals surface area contributed by atoms with Gasteiger partial charge in [-0.3, -0.25) is 13.9 Å². The Bertz CT molecular complexity index is 1060. The number of ether oxygens (including phenoxy) is 1. The number of carbonyl (C=O) groups is 2. The lowest BCUT2D eigenvalue weighted by Crippen LogP contribution is -2.39. The summed E-state index contributed by atoms with van der Waals surface area (Å²) in [5, 5.41) is 4.29. The van der Waals surface area contributed by atoms with Gasteiger partial charge in [0.1, 0.15) is 12.3 Å². The quantitative estimate of drug-likeness (QED) is 0.439. The highest BCUT2D eigenvalue weighted by Crippen LogP contribution is 2.25. The predicted octanol–water partition coefficient (Wildman–Crippen LogP) is 1.43. The molecule has 0 saturated heterocycles. The van der Waals surface area contributed by atoms with E-state index < -0.39 is 28.4 Å². The van der Waals surface area contributed by atoms with E-state index in [-0.39, 0.29) is 6.61 Å². The fourth-order valence-corrected chi connectivity index (χ4v) is 3.57. The summed E-state index contributed by atoms with van der Waals surface area (Å²) in [4.78, 5) is 22.9. The summed E-state index contributed by atoms with van der Waals surface area (Å²) in [6.45, 7) is 1.03. The van der Waals surface area contributed by atoms with Gasteiger partial charge in [-0.2, -0.15) is 5.10 Å². The largest absolute Gasteiger partial charge is 0.484 e. The number of carbonyl (C=O) groups excluding carboxylic acids is 2. The molecule has 0 aliphatic carbocycles. The van der Waals surface area contributed by atoms with Crippen LogP contribution >= 0.6 is 11.6 Å². The number of nitrogens with two attached hydrogens (primary N) is 1. The number of nitrogens with zero attached hydrogens (tertiary/aromatic N) is 2. The fourth-order valence-electron chi connectivity index (χ4n) is 2.43. The summed E-state index contributed by atoms with van der Waals surface area (Å²) >= 11 is 5.91. The second-order valence-electron chi connectivity index (χ2n) is 6.32. The molecule has 0 saturated carbocycles. The topological polar surface area (TPSA) is 131 Å². The molecule has 0 radical (unpaired) electrons. The molecule has 0 fully saturated rings. The Balaban J connectivity index is 2.01. The van der Waals surface area contributed by atoms with E-state index in [1.807, 2.05) is 0 Å². The average molecular weight is 453 g/mol. The van der Waals surface area contributed by atoms with Crippen LogP contribution in [0.5, 0.6) is 5.75 Å². The maximum atomic E-state index is 12.2. The molecule has 11 heteroatoms. The minimum Gasteiger partial charge on any atom is -0.484 e. The normalized spacial score (nSPS) is 11.3. The third-order valence-corrected chi connectivity index (χ3v) is 5.14. The second kappa shape index (κ2) is 10.1. The van der Waals surface area contributed by atoms with Gasteiger partial charge in [-0.25, -0.2) is 13.8 Å². The molecule has 0 aromatic heterocycles. The van der Waals surface area contributed by atoms with Gasteiger partial charge in [0.25, 0.3) is 11.8 Å². The number of nitrogens with one attached hydrogen (secondary N) is 1. The highest BCUT2D eigenvalue weighted by atomic mass is 35.5. The maximum Gasteiger partial charge on any atom is 0.260 e. The average Bonchev–Trinajstić information content (AvgIpc) is 2.65. The highest BCUT2D eigenvalue weighted by Gasteiger charge is 2.22. The third-order valence-electron chi connectivity index (χ3n) is 3.78. The summed E-state index contributed by atoms with van der Waals surface area (Å²) in [6, 6.07) is 11.2. The van der Waals surface area contributed by atoms with E-state index in [4.69, 9.17) is 22.1 Å². The smallest absolute Gasteiger partial charge is 0.260 e. The summed E-state index contributed by atoms with van der Waals surface area (Å²) in [5.41, 5.74) is 8.92. The molecule has 2 rings (SSSR count). The van der Waals surface area contributed by atoms with Crippen molar-refractivity contribution < 1.29 is 22.7 Å². The van der Waals surface area contributed by atoms with Crippen molar-refractivity contribution in [3.05, 3.63) is 58.6 Å². The molecule has 0 unspecified atom stereocenters. The van der Waals surface area contributed by atoms with E-state index in [9.17, 15) is 18.0 Å². The lowest BCUT2D eigenvalue weighted by Gasteiger charge is -2.23. The zero-order valence-corrected chi connectivity index (χ0v) is 17.9. The van der Waals surface area contributed by atoms with Crippen LogP contribution in [0.25, 0.3) is 0 Å². The molecule has 2 aromatic rings. The maximum absolute atomic E-state index is 12.2. The first-order valence-electron chi connectivity index (χ1n) is 8.63. The van der Waals surface area contributed by atoms with Crippen LogP contribution in [0.15, 0.2) is 47.6 Å². The first kappa shape index (κ1) is 23.2. The fraction of sp³-hybridized carbons (Fsp3) is 0.211. The van der Waals surface area contributed by atoms with E-state index in [0.717, 1.165) is 10.6 Å². The van der Waals surface area contributed by atoms with Crippen molar-refractivity contribution in [2.75, 3.05) is 23.7 Å². The Morgan fingerprint density at radius 3 is 2.47 bits per heavy atom. The number of hydrogen-bond donors (Lipinski definition) is 2. The molecular formula is C19H21ClN4O5S. The van der Waals surface area contributed by atoms with E-state index in [2.05, 4.69) is 10.5 Å². The van der Waals surface area contributed by atoms with Crippen molar-refractivity contribution in [2.24, 2.45) is 10.8 Å². The van der Waals surface area contributed by atoms with Crippen LogP contribution in [0.3, 0.4) is 0 Å². The Morgan fingerprint density at radius 2 is 1.90 bits per heavy atom. The highest BCUT2D eigenvalue weighted by molar-refractivity contribution is 7.92. The van der Waals surface area contributed by atoms with E-state index >= 15 is 0 Å². The van der Waals surface area contributed by atoms with Gasteiger partial charge in [0.2, 0.25) is 10.0 Å². The Labute approximate surface area is 179 Å². The molecule has 2 amide bonds. The summed E-state index contributed by atoms with van der Waals surface area (Å²) in [6.07, 6.45) is 2.40. The number of anilines is 1. The number of hydrogen-bond acceptors (Lipinski definition) is 6. The monoisotopic (exact) mass is 452 g/mol. The zero-order chi connectivity index (χ0) is 22.3. The van der Waals surface area contributed by atoms with Crippen LogP contribution in [-0.2, 0) is 19.6 Å². The summed E-state index contributed by atoms with van der Waals surface area (Å²) in [7, 11) is -3.71. The first-order chi connectivity index (χ1) is 14.1. The van der Waals surface area contributed by atoms with Crippen LogP contribution < -0.4 is 20.2 Å². The van der Waals surface area contributed by atoms with Crippen molar-refractivity contribution in [1.29, 1.82) is 0 Å². The molecule has 3 N–H and O–H groups in total. The van der Waals surface area contributed by atoms with Crippen molar-refractivity contribution in [3.63, 3.8) is 0 Å². The van der Waals surface area contributed by atoms with Gasteiger partial charge in [-0.15, -0.1) is 0 Å². The number of aryl methyl sites for hydroxylation is 1. The predicted molar refractivity (Wildman–Crippen MR) is 115 cm³/mol. The standard InChI is InChI=1S/C19H21ClN4O5S/c1-13-9-15(20)5-8-17(13)24(30(2,27)28)11-19(26)23-22-10-14-3-6-16(7-4-14)29-12-18(21)25/h3-10H,11-12H2,1-2H3,(H2,21,25)(H,23,26)/b22-10+. The lowest BCUT2D eigenvalue weighted by molar-refractivity contribution is -0.120. The Kier molecular flexibility index (Phi) is 7.79. The molecule has 0 spiro atoms. The molecule has 0 bridgehead atoms. The molecule has 160 valence electrons. The van der Waals surface area contributed by atoms with Gasteiger partial charge in [0.15, 0.2) is 6.61 Å². The second-order valence-corrected chi connectivity index (χ2v) is 8.66. The zero-order valence-electron chi connectivity index (χ0n) is 16.3. The number of benzene rings is 2. The van der Waals surface area contributed by atoms with Crippen LogP contribution in [0.1, 0.15) is 11.1 Å². The molecule has 2 aromatic carbocycles. The molecule has 30 heavy (non-hydrogen) atoms. The number of sulfonamides is 1. The van der Waals surface area contributed by atoms with Crippen molar-refractivity contribution in [1.82, 2.24) is 5.43 Å². The van der Waals surface area contributed by atoms with Gasteiger partial charge >= 0.3 is 0 Å². The van der Waals surface area contributed by atoms with Crippen LogP contribution in [0.2, 0.25) is 5.02 Å². The molecule has 0 atom stereocenters. The van der Waals surface area contributed by atoms with Crippen molar-refractivity contribution in [2.45, 2.75) is 6.92 Å². The third kappa shape index (κ3) is 7.05. The summed E-state index contributed by atoms with van der Waals surface area (Å²) in [5.74, 6) is -0.746.